The minimum absolute atomic E-state index is 0.00305. The lowest BCUT2D eigenvalue weighted by molar-refractivity contribution is -0.120. The van der Waals surface area contributed by atoms with E-state index in [9.17, 15) is 14.1 Å². The number of hydrogen-bond donors (Lipinski definition) is 3. The lowest BCUT2D eigenvalue weighted by Gasteiger charge is -2.42. The van der Waals surface area contributed by atoms with Crippen LogP contribution in [-0.2, 0) is 23.7 Å². The molecule has 4 unspecified atom stereocenters. The fourth-order valence-electron chi connectivity index (χ4n) is 5.39. The third kappa shape index (κ3) is 7.38. The van der Waals surface area contributed by atoms with Crippen molar-refractivity contribution in [2.24, 2.45) is 5.92 Å². The van der Waals surface area contributed by atoms with Gasteiger partial charge in [0.25, 0.3) is 0 Å². The Hall–Kier alpha value is -1.75. The number of halogens is 1. The molecule has 6 atom stereocenters. The SMILES string of the molecule is COC1C(OC(=O)NCCCCCCNC(=O)CNF)CC[C@]2(CO2)C1C1(C)O[C@@H]1CC=C(C)C. The first kappa shape index (κ1) is 27.8. The number of carbonyl (C=O) groups excluding carboxylic acids is 2. The molecule has 2 saturated heterocycles. The van der Waals surface area contributed by atoms with Gasteiger partial charge in [-0.3, -0.25) is 4.79 Å². The summed E-state index contributed by atoms with van der Waals surface area (Å²) in [5.41, 5.74) is 1.99. The number of methoxy groups -OCH3 is 1. The standard InChI is InChI=1S/C25H42FN3O6/c1-17(2)9-10-19-24(3,35-19)22-21(32-4)18(11-12-25(22)16-33-25)34-23(31)28-14-8-6-5-7-13-27-20(30)15-29-26/h9,18-19,21-22,29H,5-8,10-16H2,1-4H3,(H,27,30)(H,28,31)/t18?,19-,21?,22?,24?,25+/m1/s1. The van der Waals surface area contributed by atoms with Gasteiger partial charge in [-0.2, -0.15) is 0 Å². The van der Waals surface area contributed by atoms with Gasteiger partial charge in [-0.1, -0.05) is 24.5 Å². The third-order valence-corrected chi connectivity index (χ3v) is 7.42. The van der Waals surface area contributed by atoms with Gasteiger partial charge in [0.15, 0.2) is 0 Å². The zero-order valence-electron chi connectivity index (χ0n) is 21.5. The maximum absolute atomic E-state index is 12.5. The highest BCUT2D eigenvalue weighted by atomic mass is 19.2. The highest BCUT2D eigenvalue weighted by Gasteiger charge is 2.72. The molecule has 10 heteroatoms. The molecular weight excluding hydrogens is 457 g/mol. The molecular formula is C25H42FN3O6. The summed E-state index contributed by atoms with van der Waals surface area (Å²) in [5, 5.41) is 5.47. The predicted molar refractivity (Wildman–Crippen MR) is 128 cm³/mol. The molecule has 200 valence electrons. The minimum Gasteiger partial charge on any atom is -0.443 e. The van der Waals surface area contributed by atoms with Crippen LogP contribution in [0.15, 0.2) is 11.6 Å². The molecule has 3 N–H and O–H groups in total. The van der Waals surface area contributed by atoms with Crippen LogP contribution in [0.2, 0.25) is 0 Å². The number of carbonyl (C=O) groups is 2. The van der Waals surface area contributed by atoms with E-state index < -0.39 is 6.09 Å². The molecule has 0 bridgehead atoms. The Morgan fingerprint density at radius 1 is 1.14 bits per heavy atom. The van der Waals surface area contributed by atoms with Crippen molar-refractivity contribution in [3.63, 3.8) is 0 Å². The number of unbranched alkanes of at least 4 members (excludes halogenated alkanes) is 3. The van der Waals surface area contributed by atoms with Crippen LogP contribution in [0.25, 0.3) is 0 Å². The summed E-state index contributed by atoms with van der Waals surface area (Å²) in [4.78, 5) is 23.6. The van der Waals surface area contributed by atoms with E-state index in [1.165, 1.54) is 11.1 Å². The van der Waals surface area contributed by atoms with Crippen LogP contribution in [-0.4, -0.2) is 74.9 Å². The molecule has 2 aliphatic heterocycles. The van der Waals surface area contributed by atoms with E-state index in [-0.39, 0.29) is 47.9 Å². The molecule has 3 rings (SSSR count). The molecule has 3 fully saturated rings. The van der Waals surface area contributed by atoms with E-state index in [0.29, 0.717) is 26.1 Å². The van der Waals surface area contributed by atoms with Gasteiger partial charge in [0.05, 0.1) is 18.6 Å². The number of nitrogens with one attached hydrogen (secondary N) is 3. The summed E-state index contributed by atoms with van der Waals surface area (Å²) in [6.45, 7) is 7.70. The van der Waals surface area contributed by atoms with Gasteiger partial charge in [0.1, 0.15) is 30.0 Å². The Labute approximate surface area is 207 Å². The second-order valence-electron chi connectivity index (χ2n) is 10.3. The maximum atomic E-state index is 12.5. The molecule has 0 aromatic carbocycles. The van der Waals surface area contributed by atoms with E-state index >= 15 is 0 Å². The normalized spacial score (nSPS) is 33.2. The molecule has 3 aliphatic rings. The van der Waals surface area contributed by atoms with Crippen molar-refractivity contribution in [3.8, 4) is 0 Å². The number of rotatable bonds is 14. The second kappa shape index (κ2) is 12.5. The summed E-state index contributed by atoms with van der Waals surface area (Å²) in [5.74, 6) is -0.357. The number of amides is 2. The van der Waals surface area contributed by atoms with E-state index in [0.717, 1.165) is 38.5 Å². The van der Waals surface area contributed by atoms with Crippen molar-refractivity contribution in [3.05, 3.63) is 11.6 Å². The Kier molecular flexibility index (Phi) is 9.92. The van der Waals surface area contributed by atoms with Gasteiger partial charge in [-0.15, -0.1) is 10.0 Å². The predicted octanol–water partition coefficient (Wildman–Crippen LogP) is 2.94. The monoisotopic (exact) mass is 499 g/mol. The Morgan fingerprint density at radius 3 is 2.43 bits per heavy atom. The third-order valence-electron chi connectivity index (χ3n) is 7.42. The number of allylic oxidation sites excluding steroid dienone is 1. The number of epoxide rings is 2. The van der Waals surface area contributed by atoms with E-state index in [1.807, 2.05) is 0 Å². The van der Waals surface area contributed by atoms with Gasteiger partial charge in [-0.25, -0.2) is 4.79 Å². The molecule has 0 radical (unpaired) electrons. The van der Waals surface area contributed by atoms with Crippen LogP contribution in [0.1, 0.15) is 65.7 Å². The first-order valence-corrected chi connectivity index (χ1v) is 12.8. The first-order valence-electron chi connectivity index (χ1n) is 12.8. The Morgan fingerprint density at radius 2 is 1.83 bits per heavy atom. The molecule has 35 heavy (non-hydrogen) atoms. The van der Waals surface area contributed by atoms with Crippen LogP contribution in [0, 0.1) is 5.92 Å². The lowest BCUT2D eigenvalue weighted by Crippen LogP contribution is -2.56. The molecule has 2 amide bonds. The van der Waals surface area contributed by atoms with Crippen LogP contribution < -0.4 is 16.2 Å². The topological polar surface area (TPSA) is 114 Å². The summed E-state index contributed by atoms with van der Waals surface area (Å²) < 4.78 is 35.7. The number of alkyl carbamates (subject to hydrolysis) is 1. The number of ether oxygens (including phenoxy) is 4. The summed E-state index contributed by atoms with van der Waals surface area (Å²) in [6, 6.07) is 0. The molecule has 1 saturated carbocycles. The molecule has 1 spiro atoms. The van der Waals surface area contributed by atoms with Crippen LogP contribution >= 0.6 is 0 Å². The molecule has 0 aromatic rings. The van der Waals surface area contributed by atoms with Crippen molar-refractivity contribution in [2.45, 2.75) is 95.2 Å². The van der Waals surface area contributed by atoms with Crippen LogP contribution in [0.3, 0.4) is 0 Å². The quantitative estimate of drug-likeness (QED) is 0.146. The van der Waals surface area contributed by atoms with Crippen molar-refractivity contribution < 1.29 is 33.0 Å². The fraction of sp³-hybridized carbons (Fsp3) is 0.840. The average Bonchev–Trinajstić information content (AvgIpc) is 3.72. The Bertz CT molecular complexity index is 757. The van der Waals surface area contributed by atoms with Gasteiger partial charge < -0.3 is 29.6 Å². The molecule has 2 heterocycles. The fourth-order valence-corrected chi connectivity index (χ4v) is 5.39. The zero-order valence-corrected chi connectivity index (χ0v) is 21.5. The van der Waals surface area contributed by atoms with Gasteiger partial charge in [0.2, 0.25) is 5.91 Å². The minimum atomic E-state index is -0.433. The van der Waals surface area contributed by atoms with Gasteiger partial charge in [0, 0.05) is 20.2 Å². The smallest absolute Gasteiger partial charge is 0.407 e. The largest absolute Gasteiger partial charge is 0.443 e. The number of hydrogen-bond acceptors (Lipinski definition) is 7. The van der Waals surface area contributed by atoms with Crippen LogP contribution in [0.4, 0.5) is 9.28 Å². The van der Waals surface area contributed by atoms with E-state index in [4.69, 9.17) is 18.9 Å². The highest BCUT2D eigenvalue weighted by molar-refractivity contribution is 5.77. The van der Waals surface area contributed by atoms with Crippen molar-refractivity contribution in [1.82, 2.24) is 16.2 Å². The van der Waals surface area contributed by atoms with Crippen molar-refractivity contribution in [1.29, 1.82) is 0 Å². The zero-order chi connectivity index (χ0) is 25.5. The first-order chi connectivity index (χ1) is 16.8. The van der Waals surface area contributed by atoms with Gasteiger partial charge >= 0.3 is 6.09 Å². The van der Waals surface area contributed by atoms with E-state index in [2.05, 4.69) is 37.5 Å². The van der Waals surface area contributed by atoms with Crippen molar-refractivity contribution in [2.75, 3.05) is 33.4 Å². The Balaban J connectivity index is 1.40. The molecule has 0 aromatic heterocycles. The molecule has 9 nitrogen and oxygen atoms in total. The summed E-state index contributed by atoms with van der Waals surface area (Å²) in [6.07, 6.45) is 7.04. The van der Waals surface area contributed by atoms with Crippen molar-refractivity contribution >= 4 is 12.0 Å². The summed E-state index contributed by atoms with van der Waals surface area (Å²) >= 11 is 0. The van der Waals surface area contributed by atoms with E-state index in [1.54, 1.807) is 7.11 Å². The summed E-state index contributed by atoms with van der Waals surface area (Å²) in [7, 11) is 1.67. The highest BCUT2D eigenvalue weighted by Crippen LogP contribution is 2.59. The lowest BCUT2D eigenvalue weighted by atomic mass is 9.68. The second-order valence-corrected chi connectivity index (χ2v) is 10.3. The van der Waals surface area contributed by atoms with Crippen LogP contribution in [0.5, 0.6) is 0 Å². The van der Waals surface area contributed by atoms with Gasteiger partial charge in [-0.05, 0) is 52.9 Å². The maximum Gasteiger partial charge on any atom is 0.407 e. The molecule has 1 aliphatic carbocycles. The average molecular weight is 500 g/mol.